The molecule has 2 aromatic rings. The molecule has 0 spiro atoms. The van der Waals surface area contributed by atoms with Crippen molar-refractivity contribution >= 4 is 46.0 Å². The second-order valence-electron chi connectivity index (χ2n) is 5.74. The maximum atomic E-state index is 12.8. The van der Waals surface area contributed by atoms with Gasteiger partial charge in [-0.1, -0.05) is 60.4 Å². The number of benzene rings is 2. The number of thiocarbonyl (C=S) groups is 1. The number of carbonyl (C=O) groups is 1. The lowest BCUT2D eigenvalue weighted by atomic mass is 10.1. The predicted molar refractivity (Wildman–Crippen MR) is 113 cm³/mol. The molecule has 3 nitrogen and oxygen atoms in total. The fourth-order valence-corrected chi connectivity index (χ4v) is 3.96. The van der Waals surface area contributed by atoms with Crippen molar-refractivity contribution in [3.63, 3.8) is 0 Å². The van der Waals surface area contributed by atoms with E-state index >= 15 is 0 Å². The first kappa shape index (κ1) is 18.4. The van der Waals surface area contributed by atoms with Gasteiger partial charge < -0.3 is 4.74 Å². The smallest absolute Gasteiger partial charge is 0.270 e. The van der Waals surface area contributed by atoms with Crippen LogP contribution in [0.25, 0.3) is 6.08 Å². The second kappa shape index (κ2) is 8.34. The molecule has 0 unspecified atom stereocenters. The van der Waals surface area contributed by atoms with Crippen LogP contribution in [0.3, 0.4) is 0 Å². The third kappa shape index (κ3) is 4.23. The zero-order valence-corrected chi connectivity index (χ0v) is 16.3. The van der Waals surface area contributed by atoms with Gasteiger partial charge in [-0.15, -0.1) is 0 Å². The maximum absolute atomic E-state index is 12.8. The first-order valence-electron chi connectivity index (χ1n) is 8.32. The molecular weight excluding hydrogens is 362 g/mol. The average molecular weight is 382 g/mol. The van der Waals surface area contributed by atoms with Crippen LogP contribution in [0.15, 0.2) is 71.2 Å². The minimum atomic E-state index is -0.0926. The summed E-state index contributed by atoms with van der Waals surface area (Å²) in [5.41, 5.74) is 2.86. The van der Waals surface area contributed by atoms with Gasteiger partial charge in [-0.3, -0.25) is 9.69 Å². The summed E-state index contributed by atoms with van der Waals surface area (Å²) < 4.78 is 5.99. The number of hydrogen-bond acceptors (Lipinski definition) is 4. The summed E-state index contributed by atoms with van der Waals surface area (Å²) in [5, 5.41) is 0. The predicted octanol–water partition coefficient (Wildman–Crippen LogP) is 5.44. The van der Waals surface area contributed by atoms with Crippen LogP contribution in [0.2, 0.25) is 0 Å². The van der Waals surface area contributed by atoms with Crippen LogP contribution in [0.5, 0.6) is 5.75 Å². The van der Waals surface area contributed by atoms with Crippen LogP contribution in [0, 0.1) is 0 Å². The van der Waals surface area contributed by atoms with Crippen molar-refractivity contribution in [1.82, 2.24) is 0 Å². The van der Waals surface area contributed by atoms with E-state index in [9.17, 15) is 4.79 Å². The number of amides is 1. The van der Waals surface area contributed by atoms with E-state index in [1.165, 1.54) is 11.8 Å². The molecule has 5 heteroatoms. The molecule has 0 atom stereocenters. The van der Waals surface area contributed by atoms with E-state index in [1.807, 2.05) is 80.6 Å². The number of anilines is 1. The van der Waals surface area contributed by atoms with Gasteiger partial charge >= 0.3 is 0 Å². The quantitative estimate of drug-likeness (QED) is 0.510. The molecule has 26 heavy (non-hydrogen) atoms. The van der Waals surface area contributed by atoms with E-state index < -0.39 is 0 Å². The fourth-order valence-electron chi connectivity index (χ4n) is 2.61. The normalized spacial score (nSPS) is 16.5. The minimum Gasteiger partial charge on any atom is -0.494 e. The standard InChI is InChI=1S/C21H19NO2S2/c1-3-24-18-11-9-17(10-12-18)22-20(23)19(26-21(22)25)14-15(2)13-16-7-5-4-6-8-16/h4-14H,3H2,1-2H3. The zero-order chi connectivity index (χ0) is 18.5. The minimum absolute atomic E-state index is 0.0926. The Morgan fingerprint density at radius 2 is 1.85 bits per heavy atom. The molecule has 1 saturated heterocycles. The number of hydrogen-bond donors (Lipinski definition) is 0. The number of thioether (sulfide) groups is 1. The monoisotopic (exact) mass is 381 g/mol. The van der Waals surface area contributed by atoms with Crippen LogP contribution < -0.4 is 9.64 Å². The van der Waals surface area contributed by atoms with E-state index in [4.69, 9.17) is 17.0 Å². The molecule has 0 radical (unpaired) electrons. The summed E-state index contributed by atoms with van der Waals surface area (Å²) in [6.07, 6.45) is 3.93. The van der Waals surface area contributed by atoms with Crippen molar-refractivity contribution < 1.29 is 9.53 Å². The maximum Gasteiger partial charge on any atom is 0.270 e. The largest absolute Gasteiger partial charge is 0.494 e. The summed E-state index contributed by atoms with van der Waals surface area (Å²) in [7, 11) is 0. The lowest BCUT2D eigenvalue weighted by molar-refractivity contribution is -0.113. The first-order valence-corrected chi connectivity index (χ1v) is 9.55. The van der Waals surface area contributed by atoms with E-state index in [0.29, 0.717) is 15.8 Å². The molecule has 1 amide bonds. The van der Waals surface area contributed by atoms with Gasteiger partial charge in [0.1, 0.15) is 5.75 Å². The third-order valence-electron chi connectivity index (χ3n) is 3.75. The number of allylic oxidation sites excluding steroid dienone is 2. The van der Waals surface area contributed by atoms with Gasteiger partial charge in [0.2, 0.25) is 0 Å². The highest BCUT2D eigenvalue weighted by Crippen LogP contribution is 2.36. The molecule has 1 aliphatic heterocycles. The van der Waals surface area contributed by atoms with Crippen LogP contribution in [-0.4, -0.2) is 16.8 Å². The highest BCUT2D eigenvalue weighted by molar-refractivity contribution is 8.27. The van der Waals surface area contributed by atoms with Gasteiger partial charge in [-0.05, 0) is 55.3 Å². The molecule has 0 N–H and O–H groups in total. The van der Waals surface area contributed by atoms with E-state index in [1.54, 1.807) is 4.90 Å². The molecule has 0 bridgehead atoms. The van der Waals surface area contributed by atoms with Crippen molar-refractivity contribution in [1.29, 1.82) is 0 Å². The molecule has 1 aliphatic rings. The van der Waals surface area contributed by atoms with Crippen LogP contribution in [0.4, 0.5) is 5.69 Å². The van der Waals surface area contributed by atoms with Crippen LogP contribution >= 0.6 is 24.0 Å². The van der Waals surface area contributed by atoms with Crippen molar-refractivity contribution in [3.8, 4) is 5.75 Å². The van der Waals surface area contributed by atoms with Gasteiger partial charge in [0.15, 0.2) is 4.32 Å². The molecule has 0 saturated carbocycles. The molecule has 1 fully saturated rings. The Morgan fingerprint density at radius 3 is 2.50 bits per heavy atom. The molecule has 1 heterocycles. The SMILES string of the molecule is CCOc1ccc(N2C(=O)C(=CC(C)=Cc3ccccc3)SC2=S)cc1. The molecule has 132 valence electrons. The Labute approximate surface area is 163 Å². The molecule has 2 aromatic carbocycles. The number of carbonyl (C=O) groups excluding carboxylic acids is 1. The Balaban J connectivity index is 1.81. The first-order chi connectivity index (χ1) is 12.6. The van der Waals surface area contributed by atoms with Crippen molar-refractivity contribution in [2.75, 3.05) is 11.5 Å². The Morgan fingerprint density at radius 1 is 1.15 bits per heavy atom. The zero-order valence-electron chi connectivity index (χ0n) is 14.6. The lowest BCUT2D eigenvalue weighted by Gasteiger charge is -2.15. The lowest BCUT2D eigenvalue weighted by Crippen LogP contribution is -2.27. The van der Waals surface area contributed by atoms with Gasteiger partial charge in [-0.25, -0.2) is 0 Å². The summed E-state index contributed by atoms with van der Waals surface area (Å²) in [4.78, 5) is 15.0. The van der Waals surface area contributed by atoms with Crippen LogP contribution in [0.1, 0.15) is 19.4 Å². The highest BCUT2D eigenvalue weighted by atomic mass is 32.2. The Hall–Kier alpha value is -2.37. The van der Waals surface area contributed by atoms with Crippen molar-refractivity contribution in [3.05, 3.63) is 76.7 Å². The van der Waals surface area contributed by atoms with Gasteiger partial charge in [0.25, 0.3) is 5.91 Å². The van der Waals surface area contributed by atoms with Crippen molar-refractivity contribution in [2.24, 2.45) is 0 Å². The van der Waals surface area contributed by atoms with Crippen LogP contribution in [-0.2, 0) is 4.79 Å². The summed E-state index contributed by atoms with van der Waals surface area (Å²) >= 11 is 6.75. The number of nitrogens with zero attached hydrogens (tertiary/aromatic N) is 1. The summed E-state index contributed by atoms with van der Waals surface area (Å²) in [5.74, 6) is 0.684. The Bertz CT molecular complexity index is 871. The Kier molecular flexibility index (Phi) is 5.91. The molecule has 0 aliphatic carbocycles. The molecule has 3 rings (SSSR count). The van der Waals surface area contributed by atoms with Gasteiger partial charge in [0.05, 0.1) is 17.2 Å². The summed E-state index contributed by atoms with van der Waals surface area (Å²) in [6.45, 7) is 4.53. The summed E-state index contributed by atoms with van der Waals surface area (Å²) in [6, 6.07) is 17.4. The number of rotatable bonds is 5. The van der Waals surface area contributed by atoms with E-state index in [-0.39, 0.29) is 5.91 Å². The molecular formula is C21H19NO2S2. The third-order valence-corrected chi connectivity index (χ3v) is 5.05. The highest BCUT2D eigenvalue weighted by Gasteiger charge is 2.33. The van der Waals surface area contributed by atoms with Gasteiger partial charge in [0, 0.05) is 0 Å². The fraction of sp³-hybridized carbons (Fsp3) is 0.143. The van der Waals surface area contributed by atoms with E-state index in [2.05, 4.69) is 0 Å². The van der Waals surface area contributed by atoms with E-state index in [0.717, 1.165) is 22.6 Å². The topological polar surface area (TPSA) is 29.5 Å². The second-order valence-corrected chi connectivity index (χ2v) is 7.42. The average Bonchev–Trinajstić information content (AvgIpc) is 2.90. The number of ether oxygens (including phenoxy) is 1. The molecule has 0 aromatic heterocycles. The van der Waals surface area contributed by atoms with Crippen molar-refractivity contribution in [2.45, 2.75) is 13.8 Å². The van der Waals surface area contributed by atoms with Gasteiger partial charge in [-0.2, -0.15) is 0 Å².